The molecule has 2 aromatic heterocycles. The number of aliphatic hydroxyl groups excluding tert-OH is 1. The van der Waals surface area contributed by atoms with Crippen LogP contribution in [0.1, 0.15) is 48.2 Å². The van der Waals surface area contributed by atoms with Crippen LogP contribution in [0.2, 0.25) is 0 Å². The molecule has 0 saturated carbocycles. The molecule has 3 aromatic rings. The zero-order valence-corrected chi connectivity index (χ0v) is 18.9. The molecular formula is C26H32N4O2. The van der Waals surface area contributed by atoms with Gasteiger partial charge in [0.15, 0.2) is 0 Å². The fourth-order valence-electron chi connectivity index (χ4n) is 4.41. The average Bonchev–Trinajstić information content (AvgIpc) is 2.81. The van der Waals surface area contributed by atoms with Crippen LogP contribution in [0.4, 0.5) is 11.5 Å². The summed E-state index contributed by atoms with van der Waals surface area (Å²) in [5.74, 6) is 2.00. The molecule has 2 N–H and O–H groups in total. The third-order valence-corrected chi connectivity index (χ3v) is 5.84. The van der Waals surface area contributed by atoms with E-state index in [-0.39, 0.29) is 6.61 Å². The van der Waals surface area contributed by atoms with E-state index in [1.807, 2.05) is 38.1 Å². The van der Waals surface area contributed by atoms with Crippen molar-refractivity contribution >= 4 is 11.5 Å². The summed E-state index contributed by atoms with van der Waals surface area (Å²) < 4.78 is 5.62. The Balaban J connectivity index is 1.46. The molecule has 0 radical (unpaired) electrons. The molecule has 0 unspecified atom stereocenters. The van der Waals surface area contributed by atoms with Crippen molar-refractivity contribution in [1.29, 1.82) is 0 Å². The van der Waals surface area contributed by atoms with E-state index >= 15 is 0 Å². The van der Waals surface area contributed by atoms with Crippen molar-refractivity contribution in [3.63, 3.8) is 0 Å². The third kappa shape index (κ3) is 5.64. The van der Waals surface area contributed by atoms with Gasteiger partial charge in [0.1, 0.15) is 11.6 Å². The molecule has 1 aliphatic heterocycles. The number of piperidine rings is 1. The van der Waals surface area contributed by atoms with Gasteiger partial charge in [0.2, 0.25) is 0 Å². The van der Waals surface area contributed by atoms with E-state index < -0.39 is 0 Å². The minimum Gasteiger partial charge on any atom is -0.494 e. The van der Waals surface area contributed by atoms with Crippen molar-refractivity contribution in [2.75, 3.05) is 25.0 Å². The molecule has 6 nitrogen and oxygen atoms in total. The van der Waals surface area contributed by atoms with Gasteiger partial charge >= 0.3 is 0 Å². The number of likely N-dealkylation sites (tertiary alicyclic amines) is 1. The molecule has 4 rings (SSSR count). The largest absolute Gasteiger partial charge is 0.494 e. The van der Waals surface area contributed by atoms with E-state index in [4.69, 9.17) is 9.72 Å². The minimum atomic E-state index is -0.00887. The van der Waals surface area contributed by atoms with Crippen LogP contribution in [-0.4, -0.2) is 39.7 Å². The Morgan fingerprint density at radius 1 is 1.19 bits per heavy atom. The highest BCUT2D eigenvalue weighted by Gasteiger charge is 2.23. The monoisotopic (exact) mass is 432 g/mol. The molecule has 1 aromatic carbocycles. The molecule has 3 heterocycles. The summed E-state index contributed by atoms with van der Waals surface area (Å²) in [4.78, 5) is 11.7. The normalized spacial score (nSPS) is 16.7. The van der Waals surface area contributed by atoms with Crippen molar-refractivity contribution in [2.45, 2.75) is 45.8 Å². The highest BCUT2D eigenvalue weighted by atomic mass is 16.5. The average molecular weight is 433 g/mol. The summed E-state index contributed by atoms with van der Waals surface area (Å²) in [6.07, 6.45) is 4.08. The number of rotatable bonds is 8. The number of nitrogens with one attached hydrogen (secondary N) is 1. The second-order valence-corrected chi connectivity index (χ2v) is 8.37. The summed E-state index contributed by atoms with van der Waals surface area (Å²) in [5.41, 5.74) is 5.23. The number of pyridine rings is 2. The Labute approximate surface area is 190 Å². The van der Waals surface area contributed by atoms with Gasteiger partial charge in [0.25, 0.3) is 0 Å². The fourth-order valence-corrected chi connectivity index (χ4v) is 4.41. The molecule has 0 aliphatic carbocycles. The Bertz CT molecular complexity index is 1030. The Morgan fingerprint density at radius 2 is 2.09 bits per heavy atom. The molecule has 1 atom stereocenters. The van der Waals surface area contributed by atoms with Gasteiger partial charge in [-0.3, -0.25) is 9.88 Å². The lowest BCUT2D eigenvalue weighted by Gasteiger charge is -2.33. The molecular weight excluding hydrogens is 400 g/mol. The van der Waals surface area contributed by atoms with Crippen molar-refractivity contribution in [3.05, 3.63) is 77.2 Å². The molecule has 1 saturated heterocycles. The summed E-state index contributed by atoms with van der Waals surface area (Å²) in [6.45, 7) is 7.50. The van der Waals surface area contributed by atoms with Gasteiger partial charge in [-0.2, -0.15) is 0 Å². The first-order valence-corrected chi connectivity index (χ1v) is 11.4. The number of nitrogens with zero attached hydrogens (tertiary/aromatic N) is 3. The van der Waals surface area contributed by atoms with Gasteiger partial charge in [-0.1, -0.05) is 12.1 Å². The van der Waals surface area contributed by atoms with Crippen molar-refractivity contribution in [1.82, 2.24) is 14.9 Å². The first-order chi connectivity index (χ1) is 15.6. The lowest BCUT2D eigenvalue weighted by atomic mass is 9.93. The topological polar surface area (TPSA) is 70.5 Å². The van der Waals surface area contributed by atoms with Gasteiger partial charge in [-0.05, 0) is 75.2 Å². The smallest absolute Gasteiger partial charge is 0.130 e. The van der Waals surface area contributed by atoms with Gasteiger partial charge in [-0.25, -0.2) is 4.98 Å². The van der Waals surface area contributed by atoms with Gasteiger partial charge in [-0.15, -0.1) is 0 Å². The zero-order valence-electron chi connectivity index (χ0n) is 18.9. The van der Waals surface area contributed by atoms with Crippen LogP contribution in [0.25, 0.3) is 0 Å². The molecule has 1 aliphatic rings. The maximum Gasteiger partial charge on any atom is 0.130 e. The molecule has 32 heavy (non-hydrogen) atoms. The summed E-state index contributed by atoms with van der Waals surface area (Å²) >= 11 is 0. The van der Waals surface area contributed by atoms with E-state index in [0.717, 1.165) is 66.7 Å². The van der Waals surface area contributed by atoms with Crippen molar-refractivity contribution < 1.29 is 9.84 Å². The van der Waals surface area contributed by atoms with E-state index in [2.05, 4.69) is 39.5 Å². The van der Waals surface area contributed by atoms with Crippen LogP contribution in [0.15, 0.2) is 54.7 Å². The maximum absolute atomic E-state index is 9.71. The standard InChI is InChI=1S/C26H32N4O2/c1-3-32-25-10-9-20(14-22(25)18-31)16-30-12-6-7-21(17-30)24-15-23(13-19(2)28-24)29-26-8-4-5-11-27-26/h4-5,8-11,13-15,21,31H,3,6-7,12,16-18H2,1-2H3,(H,27,28,29)/t21-/m0/s1. The van der Waals surface area contributed by atoms with Gasteiger partial charge in [0, 0.05) is 47.8 Å². The highest BCUT2D eigenvalue weighted by Crippen LogP contribution is 2.30. The van der Waals surface area contributed by atoms with Crippen LogP contribution in [0.5, 0.6) is 5.75 Å². The Kier molecular flexibility index (Phi) is 7.35. The SMILES string of the molecule is CCOc1ccc(CN2CCC[C@H](c3cc(Nc4ccccn4)cc(C)n3)C2)cc1CO. The summed E-state index contributed by atoms with van der Waals surface area (Å²) in [7, 11) is 0. The van der Waals surface area contributed by atoms with E-state index in [1.165, 1.54) is 5.56 Å². The van der Waals surface area contributed by atoms with Crippen LogP contribution >= 0.6 is 0 Å². The van der Waals surface area contributed by atoms with Crippen LogP contribution in [-0.2, 0) is 13.2 Å². The molecule has 1 fully saturated rings. The number of hydrogen-bond donors (Lipinski definition) is 2. The number of anilines is 2. The quantitative estimate of drug-likeness (QED) is 0.533. The molecule has 0 spiro atoms. The molecule has 168 valence electrons. The van der Waals surface area contributed by atoms with Crippen molar-refractivity contribution in [2.24, 2.45) is 0 Å². The Morgan fingerprint density at radius 3 is 2.88 bits per heavy atom. The number of hydrogen-bond acceptors (Lipinski definition) is 6. The van der Waals surface area contributed by atoms with Crippen LogP contribution in [0, 0.1) is 6.92 Å². The lowest BCUT2D eigenvalue weighted by Crippen LogP contribution is -2.34. The maximum atomic E-state index is 9.71. The summed E-state index contributed by atoms with van der Waals surface area (Å²) in [5, 5.41) is 13.1. The van der Waals surface area contributed by atoms with Gasteiger partial charge < -0.3 is 15.2 Å². The van der Waals surface area contributed by atoms with E-state index in [9.17, 15) is 5.11 Å². The molecule has 0 bridgehead atoms. The predicted molar refractivity (Wildman–Crippen MR) is 127 cm³/mol. The minimum absolute atomic E-state index is 0.00887. The Hall–Kier alpha value is -2.96. The second kappa shape index (κ2) is 10.6. The lowest BCUT2D eigenvalue weighted by molar-refractivity contribution is 0.198. The van der Waals surface area contributed by atoms with Crippen molar-refractivity contribution in [3.8, 4) is 5.75 Å². The molecule has 0 amide bonds. The van der Waals surface area contributed by atoms with Crippen LogP contribution < -0.4 is 10.1 Å². The molecule has 6 heteroatoms. The van der Waals surface area contributed by atoms with Crippen LogP contribution in [0.3, 0.4) is 0 Å². The number of benzene rings is 1. The number of ether oxygens (including phenoxy) is 1. The predicted octanol–water partition coefficient (Wildman–Crippen LogP) is 4.80. The van der Waals surface area contributed by atoms with E-state index in [1.54, 1.807) is 6.20 Å². The zero-order chi connectivity index (χ0) is 22.3. The number of aliphatic hydroxyl groups is 1. The fraction of sp³-hybridized carbons (Fsp3) is 0.385. The third-order valence-electron chi connectivity index (χ3n) is 5.84. The first kappa shape index (κ1) is 22.2. The van der Waals surface area contributed by atoms with Gasteiger partial charge in [0.05, 0.1) is 13.2 Å². The number of aromatic nitrogens is 2. The highest BCUT2D eigenvalue weighted by molar-refractivity contribution is 5.57. The van der Waals surface area contributed by atoms with E-state index in [0.29, 0.717) is 12.5 Å². The first-order valence-electron chi connectivity index (χ1n) is 11.4. The number of aryl methyl sites for hydroxylation is 1. The second-order valence-electron chi connectivity index (χ2n) is 8.37. The summed E-state index contributed by atoms with van der Waals surface area (Å²) in [6, 6.07) is 16.2.